The number of hydrogen-bond donors (Lipinski definition) is 1. The first kappa shape index (κ1) is 18.0. The molecule has 126 valence electrons. The summed E-state index contributed by atoms with van der Waals surface area (Å²) in [7, 11) is -0.638. The molecule has 0 aliphatic carbocycles. The number of amides is 1. The molecule has 1 aliphatic heterocycles. The SMILES string of the molecule is CCCNC(=O)c1c(C)cc(B2OC(C)(C)C(C)(C)O2)cc1F. The van der Waals surface area contributed by atoms with Crippen LogP contribution in [-0.4, -0.2) is 30.8 Å². The average Bonchev–Trinajstić information content (AvgIpc) is 2.64. The fraction of sp³-hybridized carbons (Fsp3) is 0.588. The number of carbonyl (C=O) groups excluding carboxylic acids is 1. The molecular weight excluding hydrogens is 296 g/mol. The Bertz CT molecular complexity index is 577. The van der Waals surface area contributed by atoms with Crippen LogP contribution in [-0.2, 0) is 9.31 Å². The Morgan fingerprint density at radius 3 is 2.26 bits per heavy atom. The van der Waals surface area contributed by atoms with E-state index in [4.69, 9.17) is 9.31 Å². The van der Waals surface area contributed by atoms with Crippen LogP contribution in [0.2, 0.25) is 0 Å². The molecule has 0 radical (unpaired) electrons. The molecule has 2 rings (SSSR count). The molecule has 23 heavy (non-hydrogen) atoms. The lowest BCUT2D eigenvalue weighted by Crippen LogP contribution is -2.41. The zero-order valence-electron chi connectivity index (χ0n) is 14.7. The minimum Gasteiger partial charge on any atom is -0.399 e. The average molecular weight is 321 g/mol. The molecule has 1 saturated heterocycles. The fourth-order valence-electron chi connectivity index (χ4n) is 2.50. The summed E-state index contributed by atoms with van der Waals surface area (Å²) < 4.78 is 26.3. The summed E-state index contributed by atoms with van der Waals surface area (Å²) in [5.74, 6) is -0.939. The van der Waals surface area contributed by atoms with Gasteiger partial charge in [0.2, 0.25) is 0 Å². The molecule has 1 aliphatic rings. The van der Waals surface area contributed by atoms with Crippen LogP contribution in [0.4, 0.5) is 4.39 Å². The molecule has 0 bridgehead atoms. The van der Waals surface area contributed by atoms with E-state index in [-0.39, 0.29) is 11.5 Å². The highest BCUT2D eigenvalue weighted by Crippen LogP contribution is 2.36. The molecule has 1 fully saturated rings. The van der Waals surface area contributed by atoms with Gasteiger partial charge in [0.05, 0.1) is 16.8 Å². The first-order valence-electron chi connectivity index (χ1n) is 8.03. The standard InChI is InChI=1S/C17H25BFNO3/c1-7-8-20-15(21)14-11(2)9-12(10-13(14)19)18-22-16(3,4)17(5,6)23-18/h9-10H,7-8H2,1-6H3,(H,20,21). The largest absolute Gasteiger partial charge is 0.494 e. The van der Waals surface area contributed by atoms with E-state index in [2.05, 4.69) is 5.32 Å². The summed E-state index contributed by atoms with van der Waals surface area (Å²) in [5.41, 5.74) is 0.269. The van der Waals surface area contributed by atoms with Crippen molar-refractivity contribution in [2.45, 2.75) is 59.2 Å². The Kier molecular flexibility index (Phi) is 4.88. The van der Waals surface area contributed by atoms with Gasteiger partial charge < -0.3 is 14.6 Å². The maximum atomic E-state index is 14.5. The van der Waals surface area contributed by atoms with Gasteiger partial charge in [0.1, 0.15) is 5.82 Å². The molecule has 1 N–H and O–H groups in total. The molecule has 6 heteroatoms. The van der Waals surface area contributed by atoms with E-state index in [0.717, 1.165) is 6.42 Å². The van der Waals surface area contributed by atoms with Crippen molar-refractivity contribution in [1.82, 2.24) is 5.32 Å². The smallest absolute Gasteiger partial charge is 0.399 e. The van der Waals surface area contributed by atoms with E-state index in [1.165, 1.54) is 6.07 Å². The van der Waals surface area contributed by atoms with Crippen LogP contribution >= 0.6 is 0 Å². The highest BCUT2D eigenvalue weighted by molar-refractivity contribution is 6.62. The molecule has 0 unspecified atom stereocenters. The number of aryl methyl sites for hydroxylation is 1. The van der Waals surface area contributed by atoms with Crippen molar-refractivity contribution in [1.29, 1.82) is 0 Å². The van der Waals surface area contributed by atoms with Gasteiger partial charge in [0.25, 0.3) is 5.91 Å². The normalized spacial score (nSPS) is 19.0. The van der Waals surface area contributed by atoms with E-state index in [0.29, 0.717) is 17.6 Å². The first-order valence-corrected chi connectivity index (χ1v) is 8.03. The van der Waals surface area contributed by atoms with Crippen LogP contribution in [0.3, 0.4) is 0 Å². The molecule has 4 nitrogen and oxygen atoms in total. The van der Waals surface area contributed by atoms with E-state index in [1.807, 2.05) is 34.6 Å². The van der Waals surface area contributed by atoms with Crippen molar-refractivity contribution in [2.24, 2.45) is 0 Å². The summed E-state index contributed by atoms with van der Waals surface area (Å²) >= 11 is 0. The van der Waals surface area contributed by atoms with Crippen molar-refractivity contribution in [3.05, 3.63) is 29.1 Å². The molecule has 0 aromatic heterocycles. The van der Waals surface area contributed by atoms with Crippen molar-refractivity contribution >= 4 is 18.5 Å². The Morgan fingerprint density at radius 1 is 1.22 bits per heavy atom. The lowest BCUT2D eigenvalue weighted by atomic mass is 9.77. The van der Waals surface area contributed by atoms with E-state index >= 15 is 0 Å². The predicted molar refractivity (Wildman–Crippen MR) is 89.5 cm³/mol. The second-order valence-corrected chi connectivity index (χ2v) is 7.04. The maximum Gasteiger partial charge on any atom is 0.494 e. The van der Waals surface area contributed by atoms with Crippen molar-refractivity contribution in [2.75, 3.05) is 6.54 Å². The van der Waals surface area contributed by atoms with Crippen LogP contribution in [0.1, 0.15) is 57.0 Å². The summed E-state index contributed by atoms with van der Waals surface area (Å²) in [5, 5.41) is 2.70. The fourth-order valence-corrected chi connectivity index (χ4v) is 2.50. The van der Waals surface area contributed by atoms with Gasteiger partial charge in [0, 0.05) is 6.54 Å². The van der Waals surface area contributed by atoms with Crippen molar-refractivity contribution < 1.29 is 18.5 Å². The number of halogens is 1. The second kappa shape index (κ2) is 6.25. The molecule has 0 atom stereocenters. The highest BCUT2D eigenvalue weighted by atomic mass is 19.1. The third-order valence-electron chi connectivity index (χ3n) is 4.60. The Morgan fingerprint density at radius 2 is 1.78 bits per heavy atom. The first-order chi connectivity index (χ1) is 10.6. The van der Waals surface area contributed by atoms with E-state index < -0.39 is 24.1 Å². The van der Waals surface area contributed by atoms with Crippen LogP contribution in [0.25, 0.3) is 0 Å². The van der Waals surface area contributed by atoms with Gasteiger partial charge in [-0.3, -0.25) is 4.79 Å². The van der Waals surface area contributed by atoms with Crippen LogP contribution in [0, 0.1) is 12.7 Å². The zero-order chi connectivity index (χ0) is 17.4. The lowest BCUT2D eigenvalue weighted by molar-refractivity contribution is 0.00578. The molecule has 1 amide bonds. The summed E-state index contributed by atoms with van der Waals surface area (Å²) in [4.78, 5) is 12.1. The number of benzene rings is 1. The topological polar surface area (TPSA) is 47.6 Å². The van der Waals surface area contributed by atoms with Gasteiger partial charge in [-0.05, 0) is 58.1 Å². The van der Waals surface area contributed by atoms with Gasteiger partial charge in [-0.2, -0.15) is 0 Å². The summed E-state index contributed by atoms with van der Waals surface area (Å²) in [6.45, 7) is 12.0. The van der Waals surface area contributed by atoms with Gasteiger partial charge in [0.15, 0.2) is 0 Å². The van der Waals surface area contributed by atoms with Gasteiger partial charge in [-0.25, -0.2) is 4.39 Å². The van der Waals surface area contributed by atoms with Gasteiger partial charge >= 0.3 is 7.12 Å². The van der Waals surface area contributed by atoms with Gasteiger partial charge in [-0.15, -0.1) is 0 Å². The molecule has 0 saturated carbocycles. The molecular formula is C17H25BFNO3. The minimum atomic E-state index is -0.638. The molecule has 1 aromatic rings. The zero-order valence-corrected chi connectivity index (χ0v) is 14.7. The number of hydrogen-bond acceptors (Lipinski definition) is 3. The van der Waals surface area contributed by atoms with E-state index in [1.54, 1.807) is 13.0 Å². The lowest BCUT2D eigenvalue weighted by Gasteiger charge is -2.32. The summed E-state index contributed by atoms with van der Waals surface area (Å²) in [6.07, 6.45) is 0.804. The Balaban J connectivity index is 2.29. The minimum absolute atomic E-state index is 0.0821. The monoisotopic (exact) mass is 321 g/mol. The number of nitrogens with one attached hydrogen (secondary N) is 1. The Hall–Kier alpha value is -1.40. The van der Waals surface area contributed by atoms with Gasteiger partial charge in [-0.1, -0.05) is 13.0 Å². The highest BCUT2D eigenvalue weighted by Gasteiger charge is 2.51. The number of rotatable bonds is 4. The quantitative estimate of drug-likeness (QED) is 0.867. The third kappa shape index (κ3) is 3.43. The Labute approximate surface area is 137 Å². The van der Waals surface area contributed by atoms with Crippen LogP contribution < -0.4 is 10.8 Å². The third-order valence-corrected chi connectivity index (χ3v) is 4.60. The summed E-state index contributed by atoms with van der Waals surface area (Å²) in [6, 6.07) is 3.09. The molecule has 0 spiro atoms. The van der Waals surface area contributed by atoms with Crippen molar-refractivity contribution in [3.63, 3.8) is 0 Å². The van der Waals surface area contributed by atoms with Crippen LogP contribution in [0.5, 0.6) is 0 Å². The maximum absolute atomic E-state index is 14.5. The van der Waals surface area contributed by atoms with Crippen LogP contribution in [0.15, 0.2) is 12.1 Å². The second-order valence-electron chi connectivity index (χ2n) is 7.04. The van der Waals surface area contributed by atoms with Crippen molar-refractivity contribution in [3.8, 4) is 0 Å². The van der Waals surface area contributed by atoms with E-state index in [9.17, 15) is 9.18 Å². The predicted octanol–water partition coefficient (Wildman–Crippen LogP) is 2.57. The molecule has 1 aromatic carbocycles. The molecule has 1 heterocycles. The number of carbonyl (C=O) groups is 1.